The molecule has 0 bridgehead atoms. The predicted molar refractivity (Wildman–Crippen MR) is 77.2 cm³/mol. The zero-order valence-corrected chi connectivity index (χ0v) is 11.2. The van der Waals surface area contributed by atoms with Crippen LogP contribution in [0.5, 0.6) is 5.75 Å². The lowest BCUT2D eigenvalue weighted by molar-refractivity contribution is -0.385. The molecule has 0 saturated carbocycles. The van der Waals surface area contributed by atoms with Crippen LogP contribution in [0.15, 0.2) is 48.2 Å². The second-order valence-corrected chi connectivity index (χ2v) is 4.76. The molecule has 0 unspecified atom stereocenters. The Kier molecular flexibility index (Phi) is 3.02. The van der Waals surface area contributed by atoms with E-state index >= 15 is 0 Å². The van der Waals surface area contributed by atoms with Crippen molar-refractivity contribution in [2.75, 3.05) is 0 Å². The molecule has 0 aliphatic carbocycles. The van der Waals surface area contributed by atoms with Gasteiger partial charge in [-0.2, -0.15) is 0 Å². The van der Waals surface area contributed by atoms with E-state index in [1.165, 1.54) is 12.1 Å². The predicted octanol–water partition coefficient (Wildman–Crippen LogP) is 3.52. The van der Waals surface area contributed by atoms with Gasteiger partial charge in [-0.25, -0.2) is 0 Å². The molecule has 5 heteroatoms. The quantitative estimate of drug-likeness (QED) is 0.479. The smallest absolute Gasteiger partial charge is 0.276 e. The van der Waals surface area contributed by atoms with Crippen molar-refractivity contribution in [3.05, 3.63) is 75.0 Å². The van der Waals surface area contributed by atoms with E-state index in [4.69, 9.17) is 4.74 Å². The summed E-state index contributed by atoms with van der Waals surface area (Å²) in [5.74, 6) is 0.326. The molecule has 0 radical (unpaired) electrons. The summed E-state index contributed by atoms with van der Waals surface area (Å²) >= 11 is 0. The molecule has 1 heterocycles. The number of hydrogen-bond acceptors (Lipinski definition) is 4. The van der Waals surface area contributed by atoms with Gasteiger partial charge in [0.05, 0.1) is 16.1 Å². The number of carbonyl (C=O) groups excluding carboxylic acids is 1. The number of para-hydroxylation sites is 1. The van der Waals surface area contributed by atoms with Crippen LogP contribution in [0.2, 0.25) is 0 Å². The van der Waals surface area contributed by atoms with E-state index in [0.717, 1.165) is 5.56 Å². The lowest BCUT2D eigenvalue weighted by atomic mass is 10.1. The van der Waals surface area contributed by atoms with E-state index in [2.05, 4.69) is 0 Å². The first kappa shape index (κ1) is 13.1. The van der Waals surface area contributed by atoms with Crippen molar-refractivity contribution >= 4 is 17.5 Å². The molecule has 5 nitrogen and oxygen atoms in total. The molecule has 0 aromatic heterocycles. The molecule has 0 amide bonds. The Morgan fingerprint density at radius 3 is 2.71 bits per heavy atom. The van der Waals surface area contributed by atoms with Gasteiger partial charge in [-0.05, 0) is 31.2 Å². The summed E-state index contributed by atoms with van der Waals surface area (Å²) in [7, 11) is 0. The van der Waals surface area contributed by atoms with Crippen LogP contribution in [0.1, 0.15) is 21.5 Å². The molecule has 1 aliphatic rings. The molecule has 2 aromatic rings. The van der Waals surface area contributed by atoms with Crippen LogP contribution in [0, 0.1) is 17.0 Å². The number of fused-ring (bicyclic) bond motifs is 1. The number of aryl methyl sites for hydroxylation is 1. The minimum absolute atomic E-state index is 0.0615. The van der Waals surface area contributed by atoms with E-state index in [0.29, 0.717) is 16.9 Å². The highest BCUT2D eigenvalue weighted by molar-refractivity contribution is 6.14. The number of allylic oxidation sites excluding steroid dienone is 1. The Bertz CT molecular complexity index is 793. The van der Waals surface area contributed by atoms with Gasteiger partial charge in [0.15, 0.2) is 5.76 Å². The van der Waals surface area contributed by atoms with Crippen LogP contribution < -0.4 is 4.74 Å². The maximum atomic E-state index is 12.3. The third kappa shape index (κ3) is 2.29. The molecule has 3 rings (SSSR count). The van der Waals surface area contributed by atoms with E-state index < -0.39 is 4.92 Å². The average molecular weight is 281 g/mol. The first-order valence-electron chi connectivity index (χ1n) is 6.34. The summed E-state index contributed by atoms with van der Waals surface area (Å²) < 4.78 is 5.50. The van der Waals surface area contributed by atoms with Gasteiger partial charge in [0.25, 0.3) is 5.69 Å². The Morgan fingerprint density at radius 2 is 1.95 bits per heavy atom. The average Bonchev–Trinajstić information content (AvgIpc) is 2.76. The van der Waals surface area contributed by atoms with Gasteiger partial charge in [-0.3, -0.25) is 14.9 Å². The molecule has 0 spiro atoms. The minimum Gasteiger partial charge on any atom is -0.452 e. The number of Topliss-reactive ketones (excluding diaryl/α,β-unsaturated/α-hetero) is 1. The number of rotatable bonds is 2. The summed E-state index contributed by atoms with van der Waals surface area (Å²) in [6.45, 7) is 1.89. The molecular weight excluding hydrogens is 270 g/mol. The maximum absolute atomic E-state index is 12.3. The number of nitro groups is 1. The first-order valence-corrected chi connectivity index (χ1v) is 6.34. The second-order valence-electron chi connectivity index (χ2n) is 4.76. The van der Waals surface area contributed by atoms with Crippen molar-refractivity contribution in [1.82, 2.24) is 0 Å². The zero-order valence-electron chi connectivity index (χ0n) is 11.2. The van der Waals surface area contributed by atoms with Crippen LogP contribution in [0.25, 0.3) is 6.08 Å². The monoisotopic (exact) mass is 281 g/mol. The van der Waals surface area contributed by atoms with E-state index in [1.54, 1.807) is 30.3 Å². The van der Waals surface area contributed by atoms with Crippen molar-refractivity contribution in [3.8, 4) is 5.75 Å². The topological polar surface area (TPSA) is 69.4 Å². The third-order valence-electron chi connectivity index (χ3n) is 3.24. The number of carbonyl (C=O) groups is 1. The molecule has 0 N–H and O–H groups in total. The molecule has 0 fully saturated rings. The summed E-state index contributed by atoms with van der Waals surface area (Å²) in [6, 6.07) is 11.5. The largest absolute Gasteiger partial charge is 0.452 e. The molecular formula is C16H11NO4. The normalized spacial score (nSPS) is 14.9. The number of benzene rings is 2. The number of hydrogen-bond donors (Lipinski definition) is 0. The van der Waals surface area contributed by atoms with E-state index in [1.807, 2.05) is 13.0 Å². The highest BCUT2D eigenvalue weighted by Crippen LogP contribution is 2.33. The van der Waals surface area contributed by atoms with Crippen LogP contribution in [-0.2, 0) is 0 Å². The van der Waals surface area contributed by atoms with Crippen molar-refractivity contribution in [2.45, 2.75) is 6.92 Å². The zero-order chi connectivity index (χ0) is 15.0. The number of ketones is 1. The number of nitrogens with zero attached hydrogens (tertiary/aromatic N) is 1. The molecule has 0 saturated heterocycles. The fourth-order valence-corrected chi connectivity index (χ4v) is 2.22. The Hall–Kier alpha value is -2.95. The van der Waals surface area contributed by atoms with Gasteiger partial charge in [0, 0.05) is 6.07 Å². The summed E-state index contributed by atoms with van der Waals surface area (Å²) in [4.78, 5) is 22.8. The SMILES string of the molecule is Cc1ccc2c(c1)C(=O)/C(=C/c1ccccc1[N+](=O)[O-])O2. The molecule has 104 valence electrons. The molecule has 2 aromatic carbocycles. The molecule has 21 heavy (non-hydrogen) atoms. The van der Waals surface area contributed by atoms with E-state index in [-0.39, 0.29) is 17.2 Å². The lowest BCUT2D eigenvalue weighted by Crippen LogP contribution is -1.99. The van der Waals surface area contributed by atoms with Crippen LogP contribution >= 0.6 is 0 Å². The van der Waals surface area contributed by atoms with Crippen molar-refractivity contribution in [3.63, 3.8) is 0 Å². The molecule has 1 aliphatic heterocycles. The van der Waals surface area contributed by atoms with Crippen molar-refractivity contribution < 1.29 is 14.5 Å². The van der Waals surface area contributed by atoms with Crippen molar-refractivity contribution in [1.29, 1.82) is 0 Å². The third-order valence-corrected chi connectivity index (χ3v) is 3.24. The van der Waals surface area contributed by atoms with Crippen LogP contribution in [0.4, 0.5) is 5.69 Å². The summed E-state index contributed by atoms with van der Waals surface area (Å²) in [5.41, 5.74) is 1.72. The molecule has 0 atom stereocenters. The number of ether oxygens (including phenoxy) is 1. The Morgan fingerprint density at radius 1 is 1.19 bits per heavy atom. The van der Waals surface area contributed by atoms with Gasteiger partial charge >= 0.3 is 0 Å². The maximum Gasteiger partial charge on any atom is 0.276 e. The van der Waals surface area contributed by atoms with Crippen LogP contribution in [0.3, 0.4) is 0 Å². The Labute approximate surface area is 120 Å². The van der Waals surface area contributed by atoms with Gasteiger partial charge in [0.2, 0.25) is 5.78 Å². The minimum atomic E-state index is -0.483. The van der Waals surface area contributed by atoms with Gasteiger partial charge in [-0.1, -0.05) is 23.8 Å². The fourth-order valence-electron chi connectivity index (χ4n) is 2.22. The van der Waals surface area contributed by atoms with Gasteiger partial charge in [-0.15, -0.1) is 0 Å². The lowest BCUT2D eigenvalue weighted by Gasteiger charge is -1.99. The summed E-state index contributed by atoms with van der Waals surface area (Å²) in [5, 5.41) is 11.0. The Balaban J connectivity index is 2.04. The fraction of sp³-hybridized carbons (Fsp3) is 0.0625. The summed E-state index contributed by atoms with van der Waals surface area (Å²) in [6.07, 6.45) is 1.41. The van der Waals surface area contributed by atoms with Gasteiger partial charge in [0.1, 0.15) is 5.75 Å². The van der Waals surface area contributed by atoms with Crippen molar-refractivity contribution in [2.24, 2.45) is 0 Å². The second kappa shape index (κ2) is 4.86. The van der Waals surface area contributed by atoms with E-state index in [9.17, 15) is 14.9 Å². The highest BCUT2D eigenvalue weighted by Gasteiger charge is 2.28. The van der Waals surface area contributed by atoms with Crippen LogP contribution in [-0.4, -0.2) is 10.7 Å². The first-order chi connectivity index (χ1) is 10.1. The standard InChI is InChI=1S/C16H11NO4/c1-10-6-7-14-12(8-10)16(18)15(21-14)9-11-4-2-3-5-13(11)17(19)20/h2-9H,1H3/b15-9-. The van der Waals surface area contributed by atoms with Gasteiger partial charge < -0.3 is 4.74 Å². The number of nitro benzene ring substituents is 1. The highest BCUT2D eigenvalue weighted by atomic mass is 16.6.